The zero-order valence-corrected chi connectivity index (χ0v) is 13.0. The number of fused-ring (bicyclic) bond motifs is 3. The van der Waals surface area contributed by atoms with Crippen molar-refractivity contribution in [2.24, 2.45) is 5.92 Å². The average molecular weight is 307 g/mol. The van der Waals surface area contributed by atoms with Crippen LogP contribution in [0.1, 0.15) is 29.2 Å². The molecular weight excluding hydrogens is 286 g/mol. The summed E-state index contributed by atoms with van der Waals surface area (Å²) < 4.78 is 0. The minimum Gasteiger partial charge on any atom is -0.351 e. The van der Waals surface area contributed by atoms with E-state index in [-0.39, 0.29) is 18.0 Å². The molecule has 1 saturated heterocycles. The van der Waals surface area contributed by atoms with Crippen LogP contribution in [0.3, 0.4) is 0 Å². The van der Waals surface area contributed by atoms with Gasteiger partial charge in [0.1, 0.15) is 6.04 Å². The number of amides is 1. The molecule has 0 spiro atoms. The molecule has 3 N–H and O–H groups in total. The summed E-state index contributed by atoms with van der Waals surface area (Å²) in [7, 11) is 0. The lowest BCUT2D eigenvalue weighted by atomic mass is 9.77. The van der Waals surface area contributed by atoms with Gasteiger partial charge in [0.15, 0.2) is 0 Å². The summed E-state index contributed by atoms with van der Waals surface area (Å²) in [5, 5.41) is 3.06. The Balaban J connectivity index is 1.44. The summed E-state index contributed by atoms with van der Waals surface area (Å²) >= 11 is 0. The zero-order chi connectivity index (χ0) is 15.6. The van der Waals surface area contributed by atoms with E-state index in [4.69, 9.17) is 0 Å². The molecule has 118 valence electrons. The SMILES string of the molecule is O=C(NCc1ccccc1)C1NNC2c3ccccc3CCC12. The molecule has 1 aliphatic heterocycles. The van der Waals surface area contributed by atoms with Crippen molar-refractivity contribution >= 4 is 5.91 Å². The number of rotatable bonds is 3. The van der Waals surface area contributed by atoms with Gasteiger partial charge >= 0.3 is 0 Å². The molecule has 23 heavy (non-hydrogen) atoms. The topological polar surface area (TPSA) is 53.2 Å². The van der Waals surface area contributed by atoms with Gasteiger partial charge in [-0.25, -0.2) is 10.9 Å². The number of carbonyl (C=O) groups is 1. The molecule has 3 atom stereocenters. The number of hydrogen-bond acceptors (Lipinski definition) is 3. The van der Waals surface area contributed by atoms with Crippen LogP contribution in [-0.2, 0) is 17.8 Å². The van der Waals surface area contributed by atoms with Crippen molar-refractivity contribution in [1.82, 2.24) is 16.2 Å². The highest BCUT2D eigenvalue weighted by molar-refractivity contribution is 5.82. The van der Waals surface area contributed by atoms with E-state index in [1.54, 1.807) is 0 Å². The van der Waals surface area contributed by atoms with E-state index in [2.05, 4.69) is 40.4 Å². The molecule has 4 heteroatoms. The average Bonchev–Trinajstić information content (AvgIpc) is 3.05. The fraction of sp³-hybridized carbons (Fsp3) is 0.316. The third-order valence-corrected chi connectivity index (χ3v) is 4.98. The molecule has 4 nitrogen and oxygen atoms in total. The van der Waals surface area contributed by atoms with E-state index < -0.39 is 0 Å². The van der Waals surface area contributed by atoms with Crippen LogP contribution in [0.4, 0.5) is 0 Å². The minimum absolute atomic E-state index is 0.0771. The Morgan fingerprint density at radius 1 is 1.04 bits per heavy atom. The first kappa shape index (κ1) is 14.4. The van der Waals surface area contributed by atoms with Crippen molar-refractivity contribution in [3.8, 4) is 0 Å². The normalized spacial score (nSPS) is 25.5. The Morgan fingerprint density at radius 2 is 1.83 bits per heavy atom. The summed E-state index contributed by atoms with van der Waals surface area (Å²) in [6.07, 6.45) is 2.08. The number of nitrogens with one attached hydrogen (secondary N) is 3. The highest BCUT2D eigenvalue weighted by atomic mass is 16.2. The first-order valence-electron chi connectivity index (χ1n) is 8.23. The molecule has 0 bridgehead atoms. The van der Waals surface area contributed by atoms with Gasteiger partial charge in [-0.3, -0.25) is 4.79 Å². The van der Waals surface area contributed by atoms with Crippen LogP contribution in [0.15, 0.2) is 54.6 Å². The zero-order valence-electron chi connectivity index (χ0n) is 13.0. The lowest BCUT2D eigenvalue weighted by Gasteiger charge is -2.29. The Labute approximate surface area is 136 Å². The second-order valence-corrected chi connectivity index (χ2v) is 6.35. The van der Waals surface area contributed by atoms with Gasteiger partial charge in [0.25, 0.3) is 0 Å². The van der Waals surface area contributed by atoms with Crippen molar-refractivity contribution in [1.29, 1.82) is 0 Å². The summed E-state index contributed by atoms with van der Waals surface area (Å²) in [6.45, 7) is 0.575. The van der Waals surface area contributed by atoms with Gasteiger partial charge < -0.3 is 5.32 Å². The number of hydrazine groups is 1. The molecule has 4 rings (SSSR count). The lowest BCUT2D eigenvalue weighted by Crippen LogP contribution is -2.45. The molecule has 0 radical (unpaired) electrons. The highest BCUT2D eigenvalue weighted by Crippen LogP contribution is 2.38. The lowest BCUT2D eigenvalue weighted by molar-refractivity contribution is -0.124. The minimum atomic E-state index is -0.169. The third-order valence-electron chi connectivity index (χ3n) is 4.98. The van der Waals surface area contributed by atoms with Gasteiger partial charge in [0.2, 0.25) is 5.91 Å². The fourth-order valence-electron chi connectivity index (χ4n) is 3.77. The van der Waals surface area contributed by atoms with Crippen LogP contribution in [0.5, 0.6) is 0 Å². The number of aryl methyl sites for hydroxylation is 1. The monoisotopic (exact) mass is 307 g/mol. The molecule has 1 heterocycles. The number of carbonyl (C=O) groups excluding carboxylic acids is 1. The van der Waals surface area contributed by atoms with Crippen molar-refractivity contribution < 1.29 is 4.79 Å². The Bertz CT molecular complexity index is 701. The summed E-state index contributed by atoms with van der Waals surface area (Å²) in [5.74, 6) is 0.383. The second-order valence-electron chi connectivity index (χ2n) is 6.35. The smallest absolute Gasteiger partial charge is 0.239 e. The molecule has 2 aromatic carbocycles. The van der Waals surface area contributed by atoms with Crippen molar-refractivity contribution in [2.75, 3.05) is 0 Å². The van der Waals surface area contributed by atoms with Gasteiger partial charge in [-0.2, -0.15) is 0 Å². The molecule has 0 aromatic heterocycles. The Morgan fingerprint density at radius 3 is 2.70 bits per heavy atom. The van der Waals surface area contributed by atoms with Crippen molar-refractivity contribution in [3.05, 3.63) is 71.3 Å². The molecule has 1 amide bonds. The van der Waals surface area contributed by atoms with Crippen LogP contribution < -0.4 is 16.2 Å². The first-order valence-corrected chi connectivity index (χ1v) is 8.23. The van der Waals surface area contributed by atoms with Crippen LogP contribution in [0.2, 0.25) is 0 Å². The van der Waals surface area contributed by atoms with Crippen molar-refractivity contribution in [3.63, 3.8) is 0 Å². The molecule has 0 saturated carbocycles. The third kappa shape index (κ3) is 2.76. The van der Waals surface area contributed by atoms with Crippen molar-refractivity contribution in [2.45, 2.75) is 31.5 Å². The van der Waals surface area contributed by atoms with Gasteiger partial charge in [-0.15, -0.1) is 0 Å². The predicted molar refractivity (Wildman–Crippen MR) is 89.3 cm³/mol. The van der Waals surface area contributed by atoms with Crippen LogP contribution in [-0.4, -0.2) is 11.9 Å². The van der Waals surface area contributed by atoms with Gasteiger partial charge in [0.05, 0.1) is 6.04 Å². The van der Waals surface area contributed by atoms with E-state index in [9.17, 15) is 4.79 Å². The van der Waals surface area contributed by atoms with Crippen LogP contribution >= 0.6 is 0 Å². The maximum Gasteiger partial charge on any atom is 0.239 e. The summed E-state index contributed by atoms with van der Waals surface area (Å²) in [6, 6.07) is 18.6. The van der Waals surface area contributed by atoms with Crippen LogP contribution in [0.25, 0.3) is 0 Å². The van der Waals surface area contributed by atoms with Gasteiger partial charge in [-0.1, -0.05) is 54.6 Å². The largest absolute Gasteiger partial charge is 0.351 e. The first-order chi connectivity index (χ1) is 11.3. The molecule has 1 aliphatic carbocycles. The van der Waals surface area contributed by atoms with Gasteiger partial charge in [-0.05, 0) is 29.5 Å². The Kier molecular flexibility index (Phi) is 3.85. The second kappa shape index (κ2) is 6.14. The highest BCUT2D eigenvalue weighted by Gasteiger charge is 2.42. The van der Waals surface area contributed by atoms with E-state index in [1.165, 1.54) is 11.1 Å². The van der Waals surface area contributed by atoms with E-state index >= 15 is 0 Å². The van der Waals surface area contributed by atoms with Gasteiger partial charge in [0, 0.05) is 12.5 Å². The standard InChI is InChI=1S/C19H21N3O/c23-19(20-12-13-6-2-1-3-7-13)18-16-11-10-14-8-4-5-9-15(14)17(16)21-22-18/h1-9,16-18,21-22H,10-12H2,(H,20,23). The number of benzene rings is 2. The molecule has 1 fully saturated rings. The maximum absolute atomic E-state index is 12.6. The fourth-order valence-corrected chi connectivity index (χ4v) is 3.77. The van der Waals surface area contributed by atoms with Crippen LogP contribution in [0, 0.1) is 5.92 Å². The Hall–Kier alpha value is -2.17. The van der Waals surface area contributed by atoms with E-state index in [0.717, 1.165) is 18.4 Å². The number of hydrogen-bond donors (Lipinski definition) is 3. The van der Waals surface area contributed by atoms with E-state index in [0.29, 0.717) is 12.5 Å². The van der Waals surface area contributed by atoms with E-state index in [1.807, 2.05) is 30.3 Å². The predicted octanol–water partition coefficient (Wildman–Crippen LogP) is 2.08. The quantitative estimate of drug-likeness (QED) is 0.814. The molecule has 3 unspecified atom stereocenters. The molecule has 2 aromatic rings. The summed E-state index contributed by atoms with van der Waals surface area (Å²) in [5.41, 5.74) is 10.4. The summed E-state index contributed by atoms with van der Waals surface area (Å²) in [4.78, 5) is 12.6. The molecular formula is C19H21N3O. The maximum atomic E-state index is 12.6. The molecule has 2 aliphatic rings.